The SMILES string of the molecule is CCCCCCCCCCCCCCCCCCCCCCCCCCC(O)C(CO)NC(=O)CCCCCCCCCCCCCCCCCCCCCCCCCCCCOC(=O)CCCCCCCCCCCCCCC. The Morgan fingerprint density at radius 1 is 0.300 bits per heavy atom. The summed E-state index contributed by atoms with van der Waals surface area (Å²) in [5, 5.41) is 23.5. The Bertz CT molecular complexity index is 1160. The molecule has 0 aliphatic carbocycles. The summed E-state index contributed by atoms with van der Waals surface area (Å²) in [4.78, 5) is 24.6. The van der Waals surface area contributed by atoms with Crippen molar-refractivity contribution in [3.8, 4) is 0 Å². The first kappa shape index (κ1) is 78.9. The van der Waals surface area contributed by atoms with Gasteiger partial charge in [-0.3, -0.25) is 9.59 Å². The molecule has 0 radical (unpaired) electrons. The third-order valence-corrected chi connectivity index (χ3v) is 17.9. The molecule has 0 aromatic rings. The molecule has 3 N–H and O–H groups in total. The molecule has 0 spiro atoms. The van der Waals surface area contributed by atoms with Gasteiger partial charge in [-0.25, -0.2) is 0 Å². The van der Waals surface area contributed by atoms with Crippen molar-refractivity contribution >= 4 is 11.9 Å². The van der Waals surface area contributed by atoms with Gasteiger partial charge < -0.3 is 20.3 Å². The highest BCUT2D eigenvalue weighted by Crippen LogP contribution is 2.20. The molecule has 1 amide bonds. The van der Waals surface area contributed by atoms with Crippen molar-refractivity contribution in [3.63, 3.8) is 0 Å². The third-order valence-electron chi connectivity index (χ3n) is 17.9. The highest BCUT2D eigenvalue weighted by molar-refractivity contribution is 5.76. The summed E-state index contributed by atoms with van der Waals surface area (Å²) in [5.74, 6) is -0.00607. The summed E-state index contributed by atoms with van der Waals surface area (Å²) < 4.78 is 5.49. The van der Waals surface area contributed by atoms with Gasteiger partial charge in [0, 0.05) is 12.8 Å². The van der Waals surface area contributed by atoms with Crippen LogP contribution in [0.15, 0.2) is 0 Å². The van der Waals surface area contributed by atoms with Gasteiger partial charge in [-0.15, -0.1) is 0 Å². The Kier molecular flexibility index (Phi) is 69.3. The normalized spacial score (nSPS) is 12.4. The quantitative estimate of drug-likeness (QED) is 0.0417. The minimum absolute atomic E-state index is 0.0204. The smallest absolute Gasteiger partial charge is 0.305 e. The lowest BCUT2D eigenvalue weighted by atomic mass is 10.0. The summed E-state index contributed by atoms with van der Waals surface area (Å²) in [6.45, 7) is 5.01. The second kappa shape index (κ2) is 70.3. The molecule has 0 fully saturated rings. The Hall–Kier alpha value is -1.14. The van der Waals surface area contributed by atoms with E-state index in [0.29, 0.717) is 25.9 Å². The molecule has 0 aromatic carbocycles. The number of carbonyl (C=O) groups is 2. The Balaban J connectivity index is 3.35. The molecule has 0 aliphatic rings. The number of aliphatic hydroxyl groups is 2. The lowest BCUT2D eigenvalue weighted by Gasteiger charge is -2.22. The number of aliphatic hydroxyl groups excluding tert-OH is 2. The van der Waals surface area contributed by atoms with Crippen LogP contribution in [0, 0.1) is 0 Å². The van der Waals surface area contributed by atoms with Gasteiger partial charge in [0.25, 0.3) is 0 Å². The molecule has 478 valence electrons. The molecule has 0 bridgehead atoms. The third kappa shape index (κ3) is 66.0. The van der Waals surface area contributed by atoms with Gasteiger partial charge in [0.05, 0.1) is 25.4 Å². The highest BCUT2D eigenvalue weighted by atomic mass is 16.5. The number of hydrogen-bond acceptors (Lipinski definition) is 5. The zero-order valence-corrected chi connectivity index (χ0v) is 54.9. The van der Waals surface area contributed by atoms with Crippen molar-refractivity contribution in [3.05, 3.63) is 0 Å². The minimum atomic E-state index is -0.663. The minimum Gasteiger partial charge on any atom is -0.466 e. The van der Waals surface area contributed by atoms with Gasteiger partial charge in [0.15, 0.2) is 0 Å². The van der Waals surface area contributed by atoms with E-state index in [4.69, 9.17) is 4.74 Å². The Morgan fingerprint density at radius 2 is 0.512 bits per heavy atom. The number of carbonyl (C=O) groups excluding carboxylic acids is 2. The number of nitrogens with one attached hydrogen (secondary N) is 1. The van der Waals surface area contributed by atoms with Crippen LogP contribution in [0.3, 0.4) is 0 Å². The zero-order valence-electron chi connectivity index (χ0n) is 54.9. The largest absolute Gasteiger partial charge is 0.466 e. The highest BCUT2D eigenvalue weighted by Gasteiger charge is 2.20. The van der Waals surface area contributed by atoms with Gasteiger partial charge in [0.2, 0.25) is 5.91 Å². The maximum Gasteiger partial charge on any atom is 0.305 e. The molecule has 6 nitrogen and oxygen atoms in total. The first-order valence-corrected chi connectivity index (χ1v) is 37.3. The average Bonchev–Trinajstić information content (AvgIpc) is 3.46. The number of unbranched alkanes of at least 4 members (excludes halogenated alkanes) is 60. The van der Waals surface area contributed by atoms with Crippen LogP contribution in [-0.4, -0.2) is 47.4 Å². The van der Waals surface area contributed by atoms with Crippen LogP contribution in [0.25, 0.3) is 0 Å². The van der Waals surface area contributed by atoms with Gasteiger partial charge in [0.1, 0.15) is 0 Å². The van der Waals surface area contributed by atoms with Crippen LogP contribution < -0.4 is 5.32 Å². The molecule has 80 heavy (non-hydrogen) atoms. The molecule has 0 heterocycles. The Labute approximate surface area is 502 Å². The summed E-state index contributed by atoms with van der Waals surface area (Å²) >= 11 is 0. The molecule has 2 atom stereocenters. The van der Waals surface area contributed by atoms with Crippen LogP contribution in [-0.2, 0) is 14.3 Å². The monoisotopic (exact) mass is 1130 g/mol. The first-order chi connectivity index (χ1) is 39.5. The molecular formula is C74H147NO5. The van der Waals surface area contributed by atoms with Crippen LogP contribution >= 0.6 is 0 Å². The second-order valence-electron chi connectivity index (χ2n) is 26.0. The fraction of sp³-hybridized carbons (Fsp3) is 0.973. The number of amides is 1. The van der Waals surface area contributed by atoms with Gasteiger partial charge in [-0.2, -0.15) is 0 Å². The summed E-state index contributed by atoms with van der Waals surface area (Å²) in [6.07, 6.45) is 86.0. The molecule has 0 saturated carbocycles. The molecule has 6 heteroatoms. The zero-order chi connectivity index (χ0) is 57.8. The van der Waals surface area contributed by atoms with Crippen molar-refractivity contribution in [1.82, 2.24) is 5.32 Å². The second-order valence-corrected chi connectivity index (χ2v) is 26.0. The molecule has 0 rings (SSSR count). The molecule has 2 unspecified atom stereocenters. The van der Waals surface area contributed by atoms with E-state index in [1.165, 1.54) is 366 Å². The van der Waals surface area contributed by atoms with E-state index in [1.54, 1.807) is 0 Å². The van der Waals surface area contributed by atoms with Crippen LogP contribution in [0.5, 0.6) is 0 Å². The topological polar surface area (TPSA) is 95.9 Å². The first-order valence-electron chi connectivity index (χ1n) is 37.3. The lowest BCUT2D eigenvalue weighted by molar-refractivity contribution is -0.143. The maximum absolute atomic E-state index is 12.6. The number of esters is 1. The molecule has 0 aliphatic heterocycles. The lowest BCUT2D eigenvalue weighted by Crippen LogP contribution is -2.45. The van der Waals surface area contributed by atoms with Crippen LogP contribution in [0.2, 0.25) is 0 Å². The van der Waals surface area contributed by atoms with Gasteiger partial charge in [-0.05, 0) is 25.7 Å². The van der Waals surface area contributed by atoms with Gasteiger partial charge >= 0.3 is 5.97 Å². The van der Waals surface area contributed by atoms with E-state index >= 15 is 0 Å². The van der Waals surface area contributed by atoms with E-state index in [1.807, 2.05) is 0 Å². The predicted molar refractivity (Wildman–Crippen MR) is 352 cm³/mol. The standard InChI is InChI=1S/C74H147NO5/c1-3-5-7-9-11-13-15-17-18-19-20-21-22-27-30-33-36-39-43-46-50-54-58-62-66-72(77)71(70-76)75-73(78)67-63-59-55-51-47-44-40-37-34-31-28-25-23-24-26-29-32-35-38-41-45-49-53-57-61-65-69-80-74(79)68-64-60-56-52-48-42-16-14-12-10-8-6-4-2/h71-72,76-77H,3-70H2,1-2H3,(H,75,78). The van der Waals surface area contributed by atoms with Crippen LogP contribution in [0.4, 0.5) is 0 Å². The summed E-state index contributed by atoms with van der Waals surface area (Å²) in [7, 11) is 0. The van der Waals surface area contributed by atoms with E-state index in [9.17, 15) is 19.8 Å². The fourth-order valence-electron chi connectivity index (χ4n) is 12.2. The van der Waals surface area contributed by atoms with Crippen molar-refractivity contribution in [2.45, 2.75) is 450 Å². The van der Waals surface area contributed by atoms with E-state index in [2.05, 4.69) is 19.2 Å². The number of rotatable bonds is 71. The van der Waals surface area contributed by atoms with Crippen molar-refractivity contribution < 1.29 is 24.5 Å². The van der Waals surface area contributed by atoms with E-state index < -0.39 is 12.1 Å². The van der Waals surface area contributed by atoms with Crippen LogP contribution in [0.1, 0.15) is 438 Å². The summed E-state index contributed by atoms with van der Waals surface area (Å²) in [6, 6.07) is -0.540. The van der Waals surface area contributed by atoms with E-state index in [-0.39, 0.29) is 18.5 Å². The number of hydrogen-bond donors (Lipinski definition) is 3. The maximum atomic E-state index is 12.6. The number of ether oxygens (including phenoxy) is 1. The van der Waals surface area contributed by atoms with Crippen molar-refractivity contribution in [2.24, 2.45) is 0 Å². The van der Waals surface area contributed by atoms with Crippen molar-refractivity contribution in [1.29, 1.82) is 0 Å². The van der Waals surface area contributed by atoms with Crippen molar-refractivity contribution in [2.75, 3.05) is 13.2 Å². The van der Waals surface area contributed by atoms with E-state index in [0.717, 1.165) is 38.5 Å². The predicted octanol–water partition coefficient (Wildman–Crippen LogP) is 24.2. The molecular weight excluding hydrogens is 983 g/mol. The average molecular weight is 1130 g/mol. The molecule has 0 aromatic heterocycles. The Morgan fingerprint density at radius 3 is 0.762 bits per heavy atom. The fourth-order valence-corrected chi connectivity index (χ4v) is 12.2. The molecule has 0 saturated heterocycles. The summed E-state index contributed by atoms with van der Waals surface area (Å²) in [5.41, 5.74) is 0. The van der Waals surface area contributed by atoms with Gasteiger partial charge in [-0.1, -0.05) is 399 Å².